The minimum absolute atomic E-state index is 0.378. The number of rotatable bonds is 12. The van der Waals surface area contributed by atoms with Crippen molar-refractivity contribution < 1.29 is 17.7 Å². The van der Waals surface area contributed by atoms with Crippen LogP contribution in [-0.4, -0.2) is 6.29 Å². The molecule has 4 nitrogen and oxygen atoms in total. The Morgan fingerprint density at radius 1 is 0.385 bits per heavy atom. The summed E-state index contributed by atoms with van der Waals surface area (Å²) in [5, 5.41) is 8.70. The van der Waals surface area contributed by atoms with Crippen LogP contribution < -0.4 is 15.1 Å². The first-order chi connectivity index (χ1) is 32.2. The molecule has 10 aromatic carbocycles. The van der Waals surface area contributed by atoms with Gasteiger partial charge >= 0.3 is 8.24 Å². The molecular formula is C59H44O4P2. The highest BCUT2D eigenvalue weighted by Crippen LogP contribution is 2.56. The summed E-state index contributed by atoms with van der Waals surface area (Å²) in [5.41, 5.74) is 3.81. The van der Waals surface area contributed by atoms with E-state index in [-0.39, 0.29) is 5.66 Å². The Balaban J connectivity index is 1.23. The Morgan fingerprint density at radius 3 is 1.18 bits per heavy atom. The molecule has 0 bridgehead atoms. The third kappa shape index (κ3) is 7.86. The molecule has 314 valence electrons. The zero-order valence-electron chi connectivity index (χ0n) is 35.4. The van der Waals surface area contributed by atoms with Crippen molar-refractivity contribution in [3.63, 3.8) is 0 Å². The molecule has 0 spiro atoms. The van der Waals surface area contributed by atoms with Crippen LogP contribution in [0.15, 0.2) is 263 Å². The highest BCUT2D eigenvalue weighted by molar-refractivity contribution is 7.73. The predicted molar refractivity (Wildman–Crippen MR) is 270 cm³/mol. The van der Waals surface area contributed by atoms with E-state index in [4.69, 9.17) is 17.7 Å². The quantitative estimate of drug-likeness (QED) is 0.0697. The van der Waals surface area contributed by atoms with Crippen molar-refractivity contribution in [3.05, 3.63) is 277 Å². The number of benzene rings is 10. The van der Waals surface area contributed by atoms with Crippen molar-refractivity contribution >= 4 is 70.3 Å². The van der Waals surface area contributed by atoms with Gasteiger partial charge in [-0.2, -0.15) is 0 Å². The first-order valence-electron chi connectivity index (χ1n) is 21.9. The maximum absolute atomic E-state index is 8.15. The van der Waals surface area contributed by atoms with E-state index in [2.05, 4.69) is 237 Å². The smallest absolute Gasteiger partial charge is 0.390 e. The highest BCUT2D eigenvalue weighted by Gasteiger charge is 2.45. The van der Waals surface area contributed by atoms with Gasteiger partial charge in [0.2, 0.25) is 0 Å². The standard InChI is InChI=1S/C59H44O4P2/c1-7-25-45(26-8-1)57(64(49-33-15-5-16-34-49)50-35-17-6-18-36-50)58(60-59(46-27-9-2-10-28-46,47-29-11-3-12-30-47)48-31-13-4-14-32-48)63-65-61-53-41-39-43-23-19-21-37-51(43)55(53)56-52-38-22-20-24-44(52)40-42-54(56)62-65/h1-42,57-58H/t57-,58+/m1/s1. The normalized spacial score (nSPS) is 12.8. The van der Waals surface area contributed by atoms with Gasteiger partial charge in [-0.05, 0) is 74.5 Å². The van der Waals surface area contributed by atoms with Gasteiger partial charge in [0, 0.05) is 10.8 Å². The maximum Gasteiger partial charge on any atom is 0.390 e. The molecule has 0 saturated heterocycles. The first kappa shape index (κ1) is 40.7. The lowest BCUT2D eigenvalue weighted by atomic mass is 9.80. The first-order valence-corrected chi connectivity index (χ1v) is 24.4. The summed E-state index contributed by atoms with van der Waals surface area (Å²) in [6.45, 7) is 0. The van der Waals surface area contributed by atoms with E-state index in [1.807, 2.05) is 18.2 Å². The molecule has 0 unspecified atom stereocenters. The lowest BCUT2D eigenvalue weighted by Crippen LogP contribution is -2.42. The van der Waals surface area contributed by atoms with Crippen LogP contribution in [0.1, 0.15) is 27.9 Å². The van der Waals surface area contributed by atoms with E-state index in [1.54, 1.807) is 0 Å². The van der Waals surface area contributed by atoms with Gasteiger partial charge in [-0.25, -0.2) is 4.52 Å². The van der Waals surface area contributed by atoms with Crippen molar-refractivity contribution in [2.75, 3.05) is 0 Å². The second-order valence-electron chi connectivity index (χ2n) is 16.0. The third-order valence-corrected chi connectivity index (χ3v) is 16.0. The predicted octanol–water partition coefficient (Wildman–Crippen LogP) is 15.2. The fourth-order valence-electron chi connectivity index (χ4n) is 9.24. The molecule has 0 aliphatic rings. The average molecular weight is 879 g/mol. The molecule has 0 amide bonds. The maximum atomic E-state index is 8.15. The number of hydrogen-bond donors (Lipinski definition) is 0. The molecule has 2 atom stereocenters. The van der Waals surface area contributed by atoms with Gasteiger partial charge < -0.3 is 13.1 Å². The fraction of sp³-hybridized carbons (Fsp3) is 0.0508. The number of fused-ring (bicyclic) bond motifs is 7. The lowest BCUT2D eigenvalue weighted by Gasteiger charge is -2.42. The summed E-state index contributed by atoms with van der Waals surface area (Å²) in [5.74, 6) is 0. The van der Waals surface area contributed by atoms with E-state index in [0.29, 0.717) is 11.2 Å². The van der Waals surface area contributed by atoms with E-state index >= 15 is 0 Å². The van der Waals surface area contributed by atoms with Crippen molar-refractivity contribution in [1.29, 1.82) is 0 Å². The van der Waals surface area contributed by atoms with E-state index in [9.17, 15) is 0 Å². The monoisotopic (exact) mass is 878 g/mol. The summed E-state index contributed by atoms with van der Waals surface area (Å²) in [7, 11) is -3.41. The van der Waals surface area contributed by atoms with Crippen molar-refractivity contribution in [2.24, 2.45) is 0 Å². The van der Waals surface area contributed by atoms with Crippen molar-refractivity contribution in [2.45, 2.75) is 17.6 Å². The number of ether oxygens (including phenoxy) is 1. The molecule has 6 heteroatoms. The SMILES string of the molecule is c1ccc([C@H]([C@H](Op2oc3ccc4ccccc4c3c3c(ccc4ccccc43)o2)OC(c2ccccc2)(c2ccccc2)c2ccccc2)P(c2ccccc2)c2ccccc2)cc1. The molecule has 0 saturated carbocycles. The van der Waals surface area contributed by atoms with Gasteiger partial charge in [-0.15, -0.1) is 0 Å². The van der Waals surface area contributed by atoms with Gasteiger partial charge in [-0.1, -0.05) is 243 Å². The zero-order chi connectivity index (χ0) is 43.4. The molecular weight excluding hydrogens is 835 g/mol. The van der Waals surface area contributed by atoms with Crippen LogP contribution in [0.5, 0.6) is 0 Å². The van der Waals surface area contributed by atoms with E-state index in [0.717, 1.165) is 54.6 Å². The molecule has 65 heavy (non-hydrogen) atoms. The van der Waals surface area contributed by atoms with Crippen LogP contribution in [0.4, 0.5) is 0 Å². The third-order valence-electron chi connectivity index (χ3n) is 12.1. The number of hydrogen-bond acceptors (Lipinski definition) is 4. The Kier molecular flexibility index (Phi) is 11.4. The summed E-state index contributed by atoms with van der Waals surface area (Å²) in [6, 6.07) is 89.1. The van der Waals surface area contributed by atoms with E-state index < -0.39 is 28.1 Å². The van der Waals surface area contributed by atoms with Gasteiger partial charge in [0.15, 0.2) is 6.29 Å². The van der Waals surface area contributed by atoms with Crippen molar-refractivity contribution in [1.82, 2.24) is 0 Å². The summed E-state index contributed by atoms with van der Waals surface area (Å²) in [6.07, 6.45) is -0.971. The van der Waals surface area contributed by atoms with Crippen LogP contribution in [-0.2, 0) is 10.3 Å². The molecule has 1 heterocycles. The average Bonchev–Trinajstić information content (AvgIpc) is 3.55. The Bertz CT molecular complexity index is 3150. The van der Waals surface area contributed by atoms with E-state index in [1.165, 1.54) is 10.6 Å². The van der Waals surface area contributed by atoms with Gasteiger partial charge in [0.25, 0.3) is 0 Å². The molecule has 0 radical (unpaired) electrons. The van der Waals surface area contributed by atoms with Gasteiger partial charge in [0.1, 0.15) is 16.8 Å². The Morgan fingerprint density at radius 2 is 0.754 bits per heavy atom. The Hall–Kier alpha value is -7.03. The van der Waals surface area contributed by atoms with Gasteiger partial charge in [0.05, 0.1) is 5.66 Å². The van der Waals surface area contributed by atoms with Gasteiger partial charge in [-0.3, -0.25) is 0 Å². The van der Waals surface area contributed by atoms with Crippen LogP contribution in [0.2, 0.25) is 0 Å². The zero-order valence-corrected chi connectivity index (χ0v) is 37.2. The molecule has 0 aliphatic heterocycles. The minimum atomic E-state index is -2.18. The van der Waals surface area contributed by atoms with Crippen LogP contribution in [0.3, 0.4) is 0 Å². The molecule has 0 fully saturated rings. The highest BCUT2D eigenvalue weighted by atomic mass is 31.1. The van der Waals surface area contributed by atoms with Crippen LogP contribution in [0, 0.1) is 0 Å². The second kappa shape index (κ2) is 18.2. The Labute approximate surface area is 380 Å². The van der Waals surface area contributed by atoms with Crippen LogP contribution in [0.25, 0.3) is 43.5 Å². The molecule has 11 aromatic rings. The second-order valence-corrected chi connectivity index (χ2v) is 19.3. The van der Waals surface area contributed by atoms with Crippen LogP contribution >= 0.6 is 16.2 Å². The topological polar surface area (TPSA) is 44.7 Å². The van der Waals surface area contributed by atoms with Crippen molar-refractivity contribution in [3.8, 4) is 0 Å². The fourth-order valence-corrected chi connectivity index (χ4v) is 13.2. The minimum Gasteiger partial charge on any atom is -0.399 e. The molecule has 11 rings (SSSR count). The molecule has 1 aromatic heterocycles. The molecule has 0 N–H and O–H groups in total. The largest absolute Gasteiger partial charge is 0.399 e. The lowest BCUT2D eigenvalue weighted by molar-refractivity contribution is -0.128. The summed E-state index contributed by atoms with van der Waals surface area (Å²) in [4.78, 5) is 0. The molecule has 0 aliphatic carbocycles. The summed E-state index contributed by atoms with van der Waals surface area (Å²) < 4.78 is 30.2. The summed E-state index contributed by atoms with van der Waals surface area (Å²) >= 11 is 0.